The third-order valence-corrected chi connectivity index (χ3v) is 3.47. The predicted molar refractivity (Wildman–Crippen MR) is 64.1 cm³/mol. The molecule has 1 aromatic rings. The maximum atomic E-state index is 11.4. The van der Waals surface area contributed by atoms with Crippen LogP contribution >= 0.6 is 0 Å². The first-order valence-corrected chi connectivity index (χ1v) is 6.14. The van der Waals surface area contributed by atoms with Gasteiger partial charge < -0.3 is 10.0 Å². The van der Waals surface area contributed by atoms with E-state index in [-0.39, 0.29) is 6.23 Å². The smallest absolute Gasteiger partial charge is 0.326 e. The number of benzene rings is 1. The molecule has 2 aliphatic heterocycles. The standard InChI is InChI=1S/C13H15NO4/c15-13(16)11-8-9-4-1-2-5-10(9)14(11)12-6-3-7-17-18-12/h1-2,4-5,11-12H,3,6-8H2,(H,15,16). The number of hydrogen-bond acceptors (Lipinski definition) is 4. The first-order chi connectivity index (χ1) is 8.77. The van der Waals surface area contributed by atoms with E-state index in [9.17, 15) is 9.90 Å². The number of aliphatic carboxylic acids is 1. The van der Waals surface area contributed by atoms with Crippen molar-refractivity contribution in [2.45, 2.75) is 31.5 Å². The molecule has 1 N–H and O–H groups in total. The Morgan fingerprint density at radius 1 is 1.39 bits per heavy atom. The summed E-state index contributed by atoms with van der Waals surface area (Å²) in [4.78, 5) is 23.5. The zero-order valence-corrected chi connectivity index (χ0v) is 9.91. The maximum absolute atomic E-state index is 11.4. The third-order valence-electron chi connectivity index (χ3n) is 3.47. The van der Waals surface area contributed by atoms with E-state index in [1.807, 2.05) is 29.2 Å². The number of carbonyl (C=O) groups is 1. The summed E-state index contributed by atoms with van der Waals surface area (Å²) in [5, 5.41) is 9.35. The van der Waals surface area contributed by atoms with Crippen molar-refractivity contribution in [3.05, 3.63) is 29.8 Å². The lowest BCUT2D eigenvalue weighted by molar-refractivity contribution is -0.344. The number of anilines is 1. The van der Waals surface area contributed by atoms with E-state index in [1.54, 1.807) is 0 Å². The molecule has 1 saturated heterocycles. The second-order valence-corrected chi connectivity index (χ2v) is 4.61. The SMILES string of the molecule is O=C(O)C1Cc2ccccc2N1C1CCCOO1. The molecule has 2 atom stereocenters. The number of carboxylic acids is 1. The molecule has 0 radical (unpaired) electrons. The Kier molecular flexibility index (Phi) is 2.93. The van der Waals surface area contributed by atoms with E-state index < -0.39 is 12.0 Å². The number of fused-ring (bicyclic) bond motifs is 1. The van der Waals surface area contributed by atoms with Crippen molar-refractivity contribution >= 4 is 11.7 Å². The zero-order valence-electron chi connectivity index (χ0n) is 9.91. The molecule has 5 heteroatoms. The number of hydrogen-bond donors (Lipinski definition) is 1. The summed E-state index contributed by atoms with van der Waals surface area (Å²) in [5.41, 5.74) is 2.00. The monoisotopic (exact) mass is 249 g/mol. The second-order valence-electron chi connectivity index (χ2n) is 4.61. The van der Waals surface area contributed by atoms with Gasteiger partial charge in [0.25, 0.3) is 0 Å². The minimum Gasteiger partial charge on any atom is -0.480 e. The van der Waals surface area contributed by atoms with Crippen LogP contribution in [0.25, 0.3) is 0 Å². The average Bonchev–Trinajstić information content (AvgIpc) is 2.79. The minimum atomic E-state index is -0.819. The highest BCUT2D eigenvalue weighted by Crippen LogP contribution is 2.35. The highest BCUT2D eigenvalue weighted by Gasteiger charge is 2.39. The van der Waals surface area contributed by atoms with E-state index in [0.717, 1.165) is 24.1 Å². The van der Waals surface area contributed by atoms with E-state index in [0.29, 0.717) is 13.0 Å². The molecule has 0 aliphatic carbocycles. The molecule has 0 spiro atoms. The number of para-hydroxylation sites is 1. The van der Waals surface area contributed by atoms with Crippen LogP contribution in [-0.4, -0.2) is 30.0 Å². The lowest BCUT2D eigenvalue weighted by Gasteiger charge is -2.34. The van der Waals surface area contributed by atoms with E-state index in [2.05, 4.69) is 0 Å². The molecule has 3 rings (SSSR count). The first kappa shape index (κ1) is 11.5. The summed E-state index contributed by atoms with van der Waals surface area (Å²) in [5.74, 6) is -0.819. The van der Waals surface area contributed by atoms with Crippen molar-refractivity contribution in [2.24, 2.45) is 0 Å². The normalized spacial score (nSPS) is 27.0. The first-order valence-electron chi connectivity index (χ1n) is 6.14. The Morgan fingerprint density at radius 3 is 2.94 bits per heavy atom. The lowest BCUT2D eigenvalue weighted by atomic mass is 10.1. The van der Waals surface area contributed by atoms with Gasteiger partial charge in [0.2, 0.25) is 0 Å². The largest absolute Gasteiger partial charge is 0.480 e. The number of rotatable bonds is 2. The molecule has 5 nitrogen and oxygen atoms in total. The molecule has 96 valence electrons. The van der Waals surface area contributed by atoms with Crippen molar-refractivity contribution in [2.75, 3.05) is 11.5 Å². The summed E-state index contributed by atoms with van der Waals surface area (Å²) < 4.78 is 0. The molecule has 1 aromatic carbocycles. The van der Waals surface area contributed by atoms with Gasteiger partial charge in [-0.3, -0.25) is 0 Å². The highest BCUT2D eigenvalue weighted by molar-refractivity contribution is 5.82. The van der Waals surface area contributed by atoms with Crippen LogP contribution in [0.4, 0.5) is 5.69 Å². The van der Waals surface area contributed by atoms with Gasteiger partial charge in [-0.05, 0) is 24.5 Å². The molecule has 0 amide bonds. The van der Waals surface area contributed by atoms with Gasteiger partial charge in [0.1, 0.15) is 6.04 Å². The fourth-order valence-electron chi connectivity index (χ4n) is 2.65. The second kappa shape index (κ2) is 4.59. The van der Waals surface area contributed by atoms with Crippen LogP contribution in [0.2, 0.25) is 0 Å². The molecule has 2 heterocycles. The van der Waals surface area contributed by atoms with Gasteiger partial charge >= 0.3 is 5.97 Å². The number of carboxylic acid groups (broad SMARTS) is 1. The van der Waals surface area contributed by atoms with Gasteiger partial charge in [-0.2, -0.15) is 0 Å². The van der Waals surface area contributed by atoms with Crippen LogP contribution in [0.15, 0.2) is 24.3 Å². The summed E-state index contributed by atoms with van der Waals surface area (Å²) in [7, 11) is 0. The summed E-state index contributed by atoms with van der Waals surface area (Å²) >= 11 is 0. The van der Waals surface area contributed by atoms with Gasteiger partial charge in [-0.1, -0.05) is 18.2 Å². The molecule has 1 fully saturated rings. The summed E-state index contributed by atoms with van der Waals surface area (Å²) in [6.45, 7) is 0.573. The molecular formula is C13H15NO4. The Labute approximate surface area is 105 Å². The van der Waals surface area contributed by atoms with Crippen molar-refractivity contribution in [3.63, 3.8) is 0 Å². The van der Waals surface area contributed by atoms with Crippen LogP contribution in [-0.2, 0) is 21.0 Å². The Hall–Kier alpha value is -1.59. The van der Waals surface area contributed by atoms with Crippen LogP contribution < -0.4 is 4.90 Å². The predicted octanol–water partition coefficient (Wildman–Crippen LogP) is 1.57. The molecule has 2 aliphatic rings. The number of nitrogens with zero attached hydrogens (tertiary/aromatic N) is 1. The van der Waals surface area contributed by atoms with Crippen LogP contribution in [0, 0.1) is 0 Å². The summed E-state index contributed by atoms with van der Waals surface area (Å²) in [6.07, 6.45) is 1.89. The molecule has 2 unspecified atom stereocenters. The van der Waals surface area contributed by atoms with Crippen LogP contribution in [0.3, 0.4) is 0 Å². The average molecular weight is 249 g/mol. The zero-order chi connectivity index (χ0) is 12.5. The van der Waals surface area contributed by atoms with Crippen molar-refractivity contribution in [3.8, 4) is 0 Å². The third kappa shape index (κ3) is 1.85. The molecular weight excluding hydrogens is 234 g/mol. The van der Waals surface area contributed by atoms with E-state index >= 15 is 0 Å². The fraction of sp³-hybridized carbons (Fsp3) is 0.462. The minimum absolute atomic E-state index is 0.302. The highest BCUT2D eigenvalue weighted by atomic mass is 17.2. The van der Waals surface area contributed by atoms with Gasteiger partial charge in [0, 0.05) is 12.1 Å². The van der Waals surface area contributed by atoms with Gasteiger partial charge in [0.05, 0.1) is 6.61 Å². The molecule has 0 aromatic heterocycles. The van der Waals surface area contributed by atoms with Crippen LogP contribution in [0.5, 0.6) is 0 Å². The lowest BCUT2D eigenvalue weighted by Crippen LogP contribution is -2.48. The maximum Gasteiger partial charge on any atom is 0.326 e. The van der Waals surface area contributed by atoms with Gasteiger partial charge in [0.15, 0.2) is 6.23 Å². The summed E-state index contributed by atoms with van der Waals surface area (Å²) in [6, 6.07) is 7.19. The van der Waals surface area contributed by atoms with Crippen molar-refractivity contribution in [1.82, 2.24) is 0 Å². The van der Waals surface area contributed by atoms with Crippen molar-refractivity contribution < 1.29 is 19.7 Å². The Bertz CT molecular complexity index is 456. The Morgan fingerprint density at radius 2 is 2.22 bits per heavy atom. The molecule has 0 bridgehead atoms. The fourth-order valence-corrected chi connectivity index (χ4v) is 2.65. The van der Waals surface area contributed by atoms with E-state index in [4.69, 9.17) is 9.78 Å². The molecule has 18 heavy (non-hydrogen) atoms. The van der Waals surface area contributed by atoms with Crippen molar-refractivity contribution in [1.29, 1.82) is 0 Å². The quantitative estimate of drug-likeness (QED) is 0.806. The Balaban J connectivity index is 1.94. The topological polar surface area (TPSA) is 59.0 Å². The van der Waals surface area contributed by atoms with Gasteiger partial charge in [-0.15, -0.1) is 0 Å². The molecule has 0 saturated carbocycles. The van der Waals surface area contributed by atoms with Gasteiger partial charge in [-0.25, -0.2) is 14.6 Å². The van der Waals surface area contributed by atoms with Crippen LogP contribution in [0.1, 0.15) is 18.4 Å². The van der Waals surface area contributed by atoms with E-state index in [1.165, 1.54) is 0 Å².